The van der Waals surface area contributed by atoms with Gasteiger partial charge in [-0.2, -0.15) is 0 Å². The van der Waals surface area contributed by atoms with Crippen molar-refractivity contribution in [1.82, 2.24) is 5.32 Å². The van der Waals surface area contributed by atoms with Crippen LogP contribution >= 0.6 is 0 Å². The highest BCUT2D eigenvalue weighted by Gasteiger charge is 2.18. The molecule has 1 aromatic carbocycles. The van der Waals surface area contributed by atoms with Crippen LogP contribution in [0.25, 0.3) is 0 Å². The highest BCUT2D eigenvalue weighted by molar-refractivity contribution is 5.95. The first-order valence-electron chi connectivity index (χ1n) is 6.90. The van der Waals surface area contributed by atoms with Gasteiger partial charge in [0.05, 0.1) is 0 Å². The van der Waals surface area contributed by atoms with Gasteiger partial charge in [-0.1, -0.05) is 19.9 Å². The molecule has 4 heteroatoms. The minimum Gasteiger partial charge on any atom is -0.396 e. The van der Waals surface area contributed by atoms with Gasteiger partial charge in [-0.15, -0.1) is 0 Å². The molecule has 1 aliphatic rings. The molecular formula is C15H22N2O2. The number of nitrogens with one attached hydrogen (secondary N) is 2. The molecule has 1 unspecified atom stereocenters. The number of benzene rings is 1. The highest BCUT2D eigenvalue weighted by Crippen LogP contribution is 2.23. The maximum atomic E-state index is 12.2. The van der Waals surface area contributed by atoms with E-state index in [0.29, 0.717) is 17.9 Å². The molecule has 1 aromatic rings. The zero-order valence-corrected chi connectivity index (χ0v) is 11.6. The summed E-state index contributed by atoms with van der Waals surface area (Å²) in [5.41, 5.74) is 3.01. The van der Waals surface area contributed by atoms with E-state index < -0.39 is 0 Å². The van der Waals surface area contributed by atoms with E-state index in [1.165, 1.54) is 5.56 Å². The van der Waals surface area contributed by atoms with Gasteiger partial charge in [0.15, 0.2) is 0 Å². The number of carbonyl (C=O) groups excluding carboxylic acids is 1. The van der Waals surface area contributed by atoms with Crippen molar-refractivity contribution < 1.29 is 9.90 Å². The number of aliphatic hydroxyl groups is 1. The van der Waals surface area contributed by atoms with E-state index in [0.717, 1.165) is 18.7 Å². The molecule has 0 fully saturated rings. The van der Waals surface area contributed by atoms with Crippen LogP contribution in [0.3, 0.4) is 0 Å². The first-order chi connectivity index (χ1) is 9.11. The lowest BCUT2D eigenvalue weighted by Crippen LogP contribution is -2.39. The largest absolute Gasteiger partial charge is 0.396 e. The van der Waals surface area contributed by atoms with E-state index in [9.17, 15) is 4.79 Å². The van der Waals surface area contributed by atoms with Crippen molar-refractivity contribution in [2.24, 2.45) is 5.92 Å². The smallest absolute Gasteiger partial charge is 0.251 e. The molecule has 4 nitrogen and oxygen atoms in total. The molecule has 0 aromatic heterocycles. The normalized spacial score (nSPS) is 14.9. The van der Waals surface area contributed by atoms with Crippen LogP contribution in [0.5, 0.6) is 0 Å². The minimum absolute atomic E-state index is 0.0127. The van der Waals surface area contributed by atoms with Crippen LogP contribution in [0.4, 0.5) is 5.69 Å². The monoisotopic (exact) mass is 262 g/mol. The van der Waals surface area contributed by atoms with Gasteiger partial charge >= 0.3 is 0 Å². The van der Waals surface area contributed by atoms with Crippen LogP contribution in [-0.4, -0.2) is 30.2 Å². The average molecular weight is 262 g/mol. The van der Waals surface area contributed by atoms with Crippen LogP contribution in [0, 0.1) is 5.92 Å². The molecule has 1 aliphatic heterocycles. The number of aliphatic hydroxyl groups excluding tert-OH is 1. The Hall–Kier alpha value is -1.55. The zero-order valence-electron chi connectivity index (χ0n) is 11.6. The van der Waals surface area contributed by atoms with E-state index in [4.69, 9.17) is 5.11 Å². The van der Waals surface area contributed by atoms with Gasteiger partial charge in [0, 0.05) is 30.4 Å². The van der Waals surface area contributed by atoms with E-state index in [-0.39, 0.29) is 18.6 Å². The van der Waals surface area contributed by atoms with E-state index >= 15 is 0 Å². The lowest BCUT2D eigenvalue weighted by Gasteiger charge is -2.21. The Kier molecular flexibility index (Phi) is 4.43. The van der Waals surface area contributed by atoms with Crippen molar-refractivity contribution in [1.29, 1.82) is 0 Å². The van der Waals surface area contributed by atoms with Crippen LogP contribution in [0.2, 0.25) is 0 Å². The van der Waals surface area contributed by atoms with Gasteiger partial charge in [-0.25, -0.2) is 0 Å². The van der Waals surface area contributed by atoms with E-state index in [1.807, 2.05) is 32.0 Å². The minimum atomic E-state index is -0.0661. The Labute approximate surface area is 114 Å². The van der Waals surface area contributed by atoms with Crippen molar-refractivity contribution in [3.8, 4) is 0 Å². The van der Waals surface area contributed by atoms with Gasteiger partial charge in [-0.05, 0) is 36.5 Å². The molecule has 1 amide bonds. The molecule has 3 N–H and O–H groups in total. The molecule has 0 aliphatic carbocycles. The van der Waals surface area contributed by atoms with Gasteiger partial charge in [0.25, 0.3) is 5.91 Å². The number of fused-ring (bicyclic) bond motifs is 1. The number of rotatable bonds is 5. The summed E-state index contributed by atoms with van der Waals surface area (Å²) < 4.78 is 0. The molecule has 0 radical (unpaired) electrons. The standard InChI is InChI=1S/C15H22N2O2/c1-10(2)13(6-8-18)17-15(19)12-4-3-11-5-7-16-14(11)9-12/h3-4,9-10,13,16,18H,5-8H2,1-2H3,(H,17,19). The molecule has 0 saturated heterocycles. The molecule has 19 heavy (non-hydrogen) atoms. The fourth-order valence-corrected chi connectivity index (χ4v) is 2.40. The fourth-order valence-electron chi connectivity index (χ4n) is 2.40. The summed E-state index contributed by atoms with van der Waals surface area (Å²) in [4.78, 5) is 12.2. The molecule has 0 spiro atoms. The number of amides is 1. The van der Waals surface area contributed by atoms with Crippen molar-refractivity contribution in [2.75, 3.05) is 18.5 Å². The summed E-state index contributed by atoms with van der Waals surface area (Å²) in [5, 5.41) is 15.3. The third-order valence-corrected chi connectivity index (χ3v) is 3.64. The van der Waals surface area contributed by atoms with Crippen molar-refractivity contribution >= 4 is 11.6 Å². The molecular weight excluding hydrogens is 240 g/mol. The van der Waals surface area contributed by atoms with Gasteiger partial charge in [0.2, 0.25) is 0 Å². The van der Waals surface area contributed by atoms with E-state index in [2.05, 4.69) is 10.6 Å². The van der Waals surface area contributed by atoms with Gasteiger partial charge in [0.1, 0.15) is 0 Å². The first kappa shape index (κ1) is 13.9. The number of hydrogen-bond acceptors (Lipinski definition) is 3. The Morgan fingerprint density at radius 3 is 2.95 bits per heavy atom. The van der Waals surface area contributed by atoms with Gasteiger partial charge in [-0.3, -0.25) is 4.79 Å². The van der Waals surface area contributed by atoms with Crippen molar-refractivity contribution in [2.45, 2.75) is 32.7 Å². The quantitative estimate of drug-likeness (QED) is 0.758. The Balaban J connectivity index is 2.07. The molecule has 0 saturated carbocycles. The van der Waals surface area contributed by atoms with Crippen LogP contribution in [-0.2, 0) is 6.42 Å². The third-order valence-electron chi connectivity index (χ3n) is 3.64. The SMILES string of the molecule is CC(C)C(CCO)NC(=O)c1ccc2c(c1)NCC2. The average Bonchev–Trinajstić information content (AvgIpc) is 2.85. The first-order valence-corrected chi connectivity index (χ1v) is 6.90. The summed E-state index contributed by atoms with van der Waals surface area (Å²) in [6.07, 6.45) is 1.61. The predicted octanol–water partition coefficient (Wildman–Crippen LogP) is 1.79. The van der Waals surface area contributed by atoms with Crippen molar-refractivity contribution in [3.63, 3.8) is 0 Å². The number of carbonyl (C=O) groups is 1. The maximum Gasteiger partial charge on any atom is 0.251 e. The maximum absolute atomic E-state index is 12.2. The highest BCUT2D eigenvalue weighted by atomic mass is 16.3. The fraction of sp³-hybridized carbons (Fsp3) is 0.533. The third kappa shape index (κ3) is 3.26. The molecule has 0 bridgehead atoms. The second kappa shape index (κ2) is 6.06. The lowest BCUT2D eigenvalue weighted by atomic mass is 10.0. The second-order valence-electron chi connectivity index (χ2n) is 5.38. The van der Waals surface area contributed by atoms with Gasteiger partial charge < -0.3 is 15.7 Å². The summed E-state index contributed by atoms with van der Waals surface area (Å²) in [6.45, 7) is 5.13. The molecule has 1 atom stereocenters. The molecule has 2 rings (SSSR count). The summed E-state index contributed by atoms with van der Waals surface area (Å²) in [5.74, 6) is 0.243. The Morgan fingerprint density at radius 1 is 1.47 bits per heavy atom. The van der Waals surface area contributed by atoms with Crippen molar-refractivity contribution in [3.05, 3.63) is 29.3 Å². The number of anilines is 1. The Morgan fingerprint density at radius 2 is 2.26 bits per heavy atom. The molecule has 1 heterocycles. The predicted molar refractivity (Wildman–Crippen MR) is 76.4 cm³/mol. The lowest BCUT2D eigenvalue weighted by molar-refractivity contribution is 0.0916. The Bertz CT molecular complexity index is 457. The van der Waals surface area contributed by atoms with Crippen LogP contribution < -0.4 is 10.6 Å². The van der Waals surface area contributed by atoms with E-state index in [1.54, 1.807) is 0 Å². The summed E-state index contributed by atoms with van der Waals surface area (Å²) >= 11 is 0. The zero-order chi connectivity index (χ0) is 13.8. The molecule has 104 valence electrons. The van der Waals surface area contributed by atoms with Crippen LogP contribution in [0.1, 0.15) is 36.2 Å². The van der Waals surface area contributed by atoms with Crippen LogP contribution in [0.15, 0.2) is 18.2 Å². The second-order valence-corrected chi connectivity index (χ2v) is 5.38. The summed E-state index contributed by atoms with van der Waals surface area (Å²) in [7, 11) is 0. The topological polar surface area (TPSA) is 61.4 Å². The number of hydrogen-bond donors (Lipinski definition) is 3. The summed E-state index contributed by atoms with van der Waals surface area (Å²) in [6, 6.07) is 5.81.